The van der Waals surface area contributed by atoms with Crippen molar-refractivity contribution in [2.24, 2.45) is 0 Å². The van der Waals surface area contributed by atoms with Crippen molar-refractivity contribution in [2.45, 2.75) is 42.9 Å². The molecule has 3 aromatic carbocycles. The Morgan fingerprint density at radius 1 is 0.974 bits per heavy atom. The van der Waals surface area contributed by atoms with E-state index >= 15 is 0 Å². The molecule has 0 N–H and O–H groups in total. The van der Waals surface area contributed by atoms with Gasteiger partial charge in [0.25, 0.3) is 0 Å². The number of ketones is 1. The number of hydrogen-bond donors (Lipinski definition) is 0. The van der Waals surface area contributed by atoms with Crippen LogP contribution in [-0.2, 0) is 32.9 Å². The smallest absolute Gasteiger partial charge is 0.237 e. The van der Waals surface area contributed by atoms with Crippen molar-refractivity contribution >= 4 is 38.8 Å². The van der Waals surface area contributed by atoms with Gasteiger partial charge in [-0.1, -0.05) is 47.4 Å². The summed E-state index contributed by atoms with van der Waals surface area (Å²) in [5.41, 5.74) is 1.18. The monoisotopic (exact) mass is 590 g/mol. The number of carbonyl (C=O) groups is 1. The van der Waals surface area contributed by atoms with E-state index in [1.807, 2.05) is 0 Å². The van der Waals surface area contributed by atoms with Gasteiger partial charge in [-0.3, -0.25) is 4.79 Å². The Morgan fingerprint density at radius 2 is 1.62 bits per heavy atom. The average molecular weight is 591 g/mol. The normalized spacial score (nSPS) is 14.4. The quantitative estimate of drug-likeness (QED) is 0.219. The van der Waals surface area contributed by atoms with Crippen LogP contribution in [0.3, 0.4) is 0 Å². The van der Waals surface area contributed by atoms with Crippen molar-refractivity contribution in [1.82, 2.24) is 10.1 Å². The lowest BCUT2D eigenvalue weighted by Crippen LogP contribution is -2.12. The van der Waals surface area contributed by atoms with Gasteiger partial charge in [0.15, 0.2) is 9.84 Å². The van der Waals surface area contributed by atoms with Crippen molar-refractivity contribution in [1.29, 1.82) is 0 Å². The minimum atomic E-state index is -3.31. The molecule has 0 bridgehead atoms. The summed E-state index contributed by atoms with van der Waals surface area (Å²) in [7, 11) is -3.31. The largest absolute Gasteiger partial charge is 0.338 e. The third-order valence-corrected chi connectivity index (χ3v) is 9.15. The van der Waals surface area contributed by atoms with Crippen LogP contribution in [0.1, 0.15) is 42.3 Å². The van der Waals surface area contributed by atoms with Gasteiger partial charge >= 0.3 is 0 Å². The minimum absolute atomic E-state index is 0.00450. The van der Waals surface area contributed by atoms with E-state index in [4.69, 9.17) is 27.7 Å². The third-order valence-electron chi connectivity index (χ3n) is 6.80. The molecule has 1 aliphatic carbocycles. The molecule has 0 saturated heterocycles. The standard InChI is InChI=1S/C28H22Cl2F2N2O4S/c1-2-39(36,37)20-6-3-16(4-7-20)11-19(35)12-17-13-22(29)25(23(30)14-17)28(9-10-28)27-33-26(34-38-27)21-8-5-18(31)15-24(21)32/h3-8,13-15H,2,9-12H2,1H3. The number of halogens is 4. The SMILES string of the molecule is CCS(=O)(=O)c1ccc(CC(=O)Cc2cc(Cl)c(C3(c4nc(-c5ccc(F)cc5F)no4)CC3)c(Cl)c2)cc1. The van der Waals surface area contributed by atoms with Crippen molar-refractivity contribution < 1.29 is 26.5 Å². The third kappa shape index (κ3) is 5.48. The summed E-state index contributed by atoms with van der Waals surface area (Å²) in [6.07, 6.45) is 1.46. The minimum Gasteiger partial charge on any atom is -0.338 e. The van der Waals surface area contributed by atoms with Crippen LogP contribution in [-0.4, -0.2) is 30.1 Å². The summed E-state index contributed by atoms with van der Waals surface area (Å²) >= 11 is 13.3. The van der Waals surface area contributed by atoms with Crippen molar-refractivity contribution in [3.05, 3.63) is 98.9 Å². The van der Waals surface area contributed by atoms with Gasteiger partial charge in [0.05, 0.1) is 21.6 Å². The number of hydrogen-bond acceptors (Lipinski definition) is 6. The highest BCUT2D eigenvalue weighted by Crippen LogP contribution is 2.57. The molecule has 0 spiro atoms. The summed E-state index contributed by atoms with van der Waals surface area (Å²) in [5, 5.41) is 4.55. The molecule has 0 unspecified atom stereocenters. The Hall–Kier alpha value is -3.14. The van der Waals surface area contributed by atoms with Gasteiger partial charge in [-0.05, 0) is 60.4 Å². The van der Waals surface area contributed by atoms with Crippen LogP contribution in [0.2, 0.25) is 10.0 Å². The maximum atomic E-state index is 14.2. The molecule has 1 aliphatic rings. The maximum Gasteiger partial charge on any atom is 0.237 e. The topological polar surface area (TPSA) is 90.1 Å². The highest BCUT2D eigenvalue weighted by molar-refractivity contribution is 7.91. The van der Waals surface area contributed by atoms with Crippen molar-refractivity contribution in [3.63, 3.8) is 0 Å². The Kier molecular flexibility index (Phi) is 7.35. The first-order valence-electron chi connectivity index (χ1n) is 12.1. The molecule has 202 valence electrons. The molecular formula is C28H22Cl2F2N2O4S. The second kappa shape index (κ2) is 10.4. The number of aromatic nitrogens is 2. The van der Waals surface area contributed by atoms with Gasteiger partial charge in [-0.2, -0.15) is 4.98 Å². The fourth-order valence-corrected chi connectivity index (χ4v) is 6.36. The molecule has 0 atom stereocenters. The molecule has 0 aliphatic heterocycles. The maximum absolute atomic E-state index is 14.2. The number of sulfone groups is 1. The van der Waals surface area contributed by atoms with E-state index < -0.39 is 26.9 Å². The van der Waals surface area contributed by atoms with E-state index in [0.29, 0.717) is 39.6 Å². The molecule has 4 aromatic rings. The molecule has 0 radical (unpaired) electrons. The number of nitrogens with zero attached hydrogens (tertiary/aromatic N) is 2. The summed E-state index contributed by atoms with van der Waals surface area (Å²) < 4.78 is 57.0. The number of rotatable bonds is 9. The Bertz CT molecular complexity index is 1660. The van der Waals surface area contributed by atoms with Crippen LogP contribution >= 0.6 is 23.2 Å². The number of carbonyl (C=O) groups excluding carboxylic acids is 1. The van der Waals surface area contributed by atoms with Crippen LogP contribution in [0.5, 0.6) is 0 Å². The van der Waals surface area contributed by atoms with E-state index in [0.717, 1.165) is 12.1 Å². The first-order chi connectivity index (χ1) is 18.5. The van der Waals surface area contributed by atoms with Crippen LogP contribution in [0, 0.1) is 11.6 Å². The van der Waals surface area contributed by atoms with Gasteiger partial charge in [-0.25, -0.2) is 17.2 Å². The van der Waals surface area contributed by atoms with Crippen molar-refractivity contribution in [2.75, 3.05) is 5.75 Å². The van der Waals surface area contributed by atoms with E-state index in [1.54, 1.807) is 31.2 Å². The van der Waals surface area contributed by atoms with Gasteiger partial charge in [0.2, 0.25) is 11.7 Å². The second-order valence-corrected chi connectivity index (χ2v) is 12.6. The fourth-order valence-electron chi connectivity index (χ4n) is 4.58. The molecule has 1 aromatic heterocycles. The molecule has 1 saturated carbocycles. The molecule has 1 heterocycles. The summed E-state index contributed by atoms with van der Waals surface area (Å²) in [4.78, 5) is 17.3. The molecular weight excluding hydrogens is 569 g/mol. The van der Waals surface area contributed by atoms with Gasteiger partial charge in [0, 0.05) is 34.5 Å². The summed E-state index contributed by atoms with van der Waals surface area (Å²) in [6, 6.07) is 12.7. The van der Waals surface area contributed by atoms with E-state index in [-0.39, 0.29) is 46.6 Å². The van der Waals surface area contributed by atoms with Crippen LogP contribution in [0.15, 0.2) is 64.0 Å². The van der Waals surface area contributed by atoms with Crippen LogP contribution in [0.4, 0.5) is 8.78 Å². The molecule has 11 heteroatoms. The first-order valence-corrected chi connectivity index (χ1v) is 14.5. The number of Topliss-reactive ketones (excluding diaryl/α,β-unsaturated/α-hetero) is 1. The lowest BCUT2D eigenvalue weighted by Gasteiger charge is -2.16. The zero-order valence-electron chi connectivity index (χ0n) is 20.7. The molecule has 0 amide bonds. The zero-order chi connectivity index (χ0) is 27.9. The molecule has 39 heavy (non-hydrogen) atoms. The Labute approximate surface area is 233 Å². The van der Waals surface area contributed by atoms with E-state index in [9.17, 15) is 22.0 Å². The second-order valence-electron chi connectivity index (χ2n) is 9.50. The van der Waals surface area contributed by atoms with E-state index in [2.05, 4.69) is 10.1 Å². The van der Waals surface area contributed by atoms with E-state index in [1.165, 1.54) is 18.2 Å². The predicted molar refractivity (Wildman–Crippen MR) is 143 cm³/mol. The van der Waals surface area contributed by atoms with Gasteiger partial charge < -0.3 is 4.52 Å². The number of benzene rings is 3. The zero-order valence-corrected chi connectivity index (χ0v) is 23.0. The highest BCUT2D eigenvalue weighted by Gasteiger charge is 2.53. The van der Waals surface area contributed by atoms with Gasteiger partial charge in [0.1, 0.15) is 17.4 Å². The Balaban J connectivity index is 1.33. The lowest BCUT2D eigenvalue weighted by molar-refractivity contribution is -0.117. The first kappa shape index (κ1) is 27.4. The predicted octanol–water partition coefficient (Wildman–Crippen LogP) is 6.55. The lowest BCUT2D eigenvalue weighted by atomic mass is 9.93. The fraction of sp³-hybridized carbons (Fsp3) is 0.250. The highest BCUT2D eigenvalue weighted by atomic mass is 35.5. The van der Waals surface area contributed by atoms with Crippen LogP contribution in [0.25, 0.3) is 11.4 Å². The summed E-state index contributed by atoms with van der Waals surface area (Å²) in [5.74, 6) is -1.39. The average Bonchev–Trinajstić information content (AvgIpc) is 3.51. The molecule has 6 nitrogen and oxygen atoms in total. The van der Waals surface area contributed by atoms with Crippen LogP contribution < -0.4 is 0 Å². The summed E-state index contributed by atoms with van der Waals surface area (Å²) in [6.45, 7) is 1.58. The van der Waals surface area contributed by atoms with Crippen molar-refractivity contribution in [3.8, 4) is 11.4 Å². The molecule has 5 rings (SSSR count). The van der Waals surface area contributed by atoms with Gasteiger partial charge in [-0.15, -0.1) is 0 Å². The Morgan fingerprint density at radius 3 is 2.21 bits per heavy atom. The molecule has 1 fully saturated rings.